The maximum Gasteiger partial charge on any atom is 0.252 e. The Morgan fingerprint density at radius 3 is 3.06 bits per heavy atom. The standard InChI is InChI=1S/C13H17BrN2O/c1-9-4-2-6-11(12(9)14)13(17)16-10-5-3-7-15-8-10/h2,4,6,10,15H,3,5,7-8H2,1H3,(H,16,17). The average molecular weight is 297 g/mol. The highest BCUT2D eigenvalue weighted by Crippen LogP contribution is 2.21. The van der Waals surface area contributed by atoms with Crippen LogP contribution in [0.3, 0.4) is 0 Å². The van der Waals surface area contributed by atoms with Gasteiger partial charge in [-0.05, 0) is 53.9 Å². The minimum Gasteiger partial charge on any atom is -0.348 e. The lowest BCUT2D eigenvalue weighted by molar-refractivity contribution is 0.0930. The van der Waals surface area contributed by atoms with Gasteiger partial charge in [0, 0.05) is 17.1 Å². The van der Waals surface area contributed by atoms with Gasteiger partial charge in [-0.3, -0.25) is 4.79 Å². The topological polar surface area (TPSA) is 41.1 Å². The molecule has 1 aromatic carbocycles. The van der Waals surface area contributed by atoms with Gasteiger partial charge in [-0.1, -0.05) is 12.1 Å². The Balaban J connectivity index is 2.06. The van der Waals surface area contributed by atoms with Crippen molar-refractivity contribution in [1.29, 1.82) is 0 Å². The zero-order chi connectivity index (χ0) is 12.3. The van der Waals surface area contributed by atoms with Crippen LogP contribution in [0.15, 0.2) is 22.7 Å². The number of benzene rings is 1. The summed E-state index contributed by atoms with van der Waals surface area (Å²) in [6.45, 7) is 3.92. The van der Waals surface area contributed by atoms with Crippen LogP contribution in [0.1, 0.15) is 28.8 Å². The Hall–Kier alpha value is -0.870. The van der Waals surface area contributed by atoms with Gasteiger partial charge in [-0.15, -0.1) is 0 Å². The van der Waals surface area contributed by atoms with Gasteiger partial charge in [0.25, 0.3) is 5.91 Å². The number of aryl methyl sites for hydroxylation is 1. The summed E-state index contributed by atoms with van der Waals surface area (Å²) in [5.74, 6) is 0.00859. The van der Waals surface area contributed by atoms with E-state index >= 15 is 0 Å². The van der Waals surface area contributed by atoms with Crippen LogP contribution >= 0.6 is 15.9 Å². The van der Waals surface area contributed by atoms with E-state index in [0.29, 0.717) is 0 Å². The highest BCUT2D eigenvalue weighted by Gasteiger charge is 2.18. The van der Waals surface area contributed by atoms with E-state index < -0.39 is 0 Å². The number of halogens is 1. The fourth-order valence-corrected chi connectivity index (χ4v) is 2.51. The van der Waals surface area contributed by atoms with Gasteiger partial charge in [-0.25, -0.2) is 0 Å². The third-order valence-electron chi connectivity index (χ3n) is 3.07. The van der Waals surface area contributed by atoms with E-state index in [-0.39, 0.29) is 11.9 Å². The molecule has 17 heavy (non-hydrogen) atoms. The first-order valence-corrected chi connectivity index (χ1v) is 6.74. The number of piperidine rings is 1. The van der Waals surface area contributed by atoms with Crippen LogP contribution < -0.4 is 10.6 Å². The van der Waals surface area contributed by atoms with Gasteiger partial charge in [-0.2, -0.15) is 0 Å². The summed E-state index contributed by atoms with van der Waals surface area (Å²) < 4.78 is 0.890. The zero-order valence-electron chi connectivity index (χ0n) is 9.92. The molecule has 1 fully saturated rings. The van der Waals surface area contributed by atoms with Crippen LogP contribution in [0, 0.1) is 6.92 Å². The maximum absolute atomic E-state index is 12.1. The van der Waals surface area contributed by atoms with Crippen LogP contribution in [0.5, 0.6) is 0 Å². The molecule has 0 saturated carbocycles. The monoisotopic (exact) mass is 296 g/mol. The van der Waals surface area contributed by atoms with E-state index in [9.17, 15) is 4.79 Å². The largest absolute Gasteiger partial charge is 0.348 e. The first-order chi connectivity index (χ1) is 8.18. The molecule has 1 saturated heterocycles. The smallest absolute Gasteiger partial charge is 0.252 e. The van der Waals surface area contributed by atoms with Crippen molar-refractivity contribution in [1.82, 2.24) is 10.6 Å². The number of amides is 1. The van der Waals surface area contributed by atoms with E-state index in [0.717, 1.165) is 41.5 Å². The number of hydrogen-bond acceptors (Lipinski definition) is 2. The summed E-state index contributed by atoms with van der Waals surface area (Å²) in [6.07, 6.45) is 2.18. The minimum absolute atomic E-state index is 0.00859. The molecule has 1 heterocycles. The Morgan fingerprint density at radius 1 is 1.53 bits per heavy atom. The van der Waals surface area contributed by atoms with E-state index in [1.807, 2.05) is 25.1 Å². The molecule has 1 aliphatic heterocycles. The molecule has 1 atom stereocenters. The Labute approximate surface area is 110 Å². The molecule has 1 unspecified atom stereocenters. The first-order valence-electron chi connectivity index (χ1n) is 5.95. The molecular formula is C13H17BrN2O. The SMILES string of the molecule is Cc1cccc(C(=O)NC2CCCNC2)c1Br. The zero-order valence-corrected chi connectivity index (χ0v) is 11.5. The highest BCUT2D eigenvalue weighted by atomic mass is 79.9. The molecule has 0 bridgehead atoms. The summed E-state index contributed by atoms with van der Waals surface area (Å²) in [4.78, 5) is 12.1. The summed E-state index contributed by atoms with van der Waals surface area (Å²) >= 11 is 3.47. The molecule has 2 N–H and O–H groups in total. The number of nitrogens with one attached hydrogen (secondary N) is 2. The highest BCUT2D eigenvalue weighted by molar-refractivity contribution is 9.10. The predicted molar refractivity (Wildman–Crippen MR) is 72.2 cm³/mol. The lowest BCUT2D eigenvalue weighted by Crippen LogP contribution is -2.45. The van der Waals surface area contributed by atoms with Crippen molar-refractivity contribution >= 4 is 21.8 Å². The summed E-state index contributed by atoms with van der Waals surface area (Å²) in [7, 11) is 0. The molecule has 92 valence electrons. The van der Waals surface area contributed by atoms with Crippen molar-refractivity contribution < 1.29 is 4.79 Å². The van der Waals surface area contributed by atoms with E-state index in [4.69, 9.17) is 0 Å². The summed E-state index contributed by atoms with van der Waals surface area (Å²) in [5, 5.41) is 6.36. The van der Waals surface area contributed by atoms with Gasteiger partial charge >= 0.3 is 0 Å². The van der Waals surface area contributed by atoms with E-state index in [2.05, 4.69) is 26.6 Å². The van der Waals surface area contributed by atoms with Crippen molar-refractivity contribution in [3.63, 3.8) is 0 Å². The molecule has 1 aromatic rings. The third-order valence-corrected chi connectivity index (χ3v) is 4.12. The summed E-state index contributed by atoms with van der Waals surface area (Å²) in [6, 6.07) is 6.00. The fourth-order valence-electron chi connectivity index (χ4n) is 2.06. The van der Waals surface area contributed by atoms with Crippen molar-refractivity contribution in [2.45, 2.75) is 25.8 Å². The number of carbonyl (C=O) groups excluding carboxylic acids is 1. The Bertz CT molecular complexity index is 414. The van der Waals surface area contributed by atoms with Gasteiger partial charge < -0.3 is 10.6 Å². The molecule has 0 aromatic heterocycles. The molecule has 1 aliphatic rings. The Kier molecular flexibility index (Phi) is 4.18. The molecule has 1 amide bonds. The number of carbonyl (C=O) groups is 1. The molecule has 3 nitrogen and oxygen atoms in total. The quantitative estimate of drug-likeness (QED) is 0.879. The van der Waals surface area contributed by atoms with Crippen LogP contribution in [-0.4, -0.2) is 25.0 Å². The van der Waals surface area contributed by atoms with Crippen LogP contribution in [0.25, 0.3) is 0 Å². The van der Waals surface area contributed by atoms with Crippen molar-refractivity contribution in [2.75, 3.05) is 13.1 Å². The van der Waals surface area contributed by atoms with Gasteiger partial charge in [0.1, 0.15) is 0 Å². The van der Waals surface area contributed by atoms with Crippen LogP contribution in [-0.2, 0) is 0 Å². The van der Waals surface area contributed by atoms with Gasteiger partial charge in [0.15, 0.2) is 0 Å². The normalized spacial score (nSPS) is 20.0. The second-order valence-electron chi connectivity index (χ2n) is 4.45. The van der Waals surface area contributed by atoms with Gasteiger partial charge in [0.05, 0.1) is 5.56 Å². The molecule has 0 radical (unpaired) electrons. The molecular weight excluding hydrogens is 280 g/mol. The number of hydrogen-bond donors (Lipinski definition) is 2. The van der Waals surface area contributed by atoms with Crippen molar-refractivity contribution in [2.24, 2.45) is 0 Å². The van der Waals surface area contributed by atoms with Crippen molar-refractivity contribution in [3.8, 4) is 0 Å². The average Bonchev–Trinajstić information content (AvgIpc) is 2.34. The van der Waals surface area contributed by atoms with Crippen molar-refractivity contribution in [3.05, 3.63) is 33.8 Å². The molecule has 2 rings (SSSR count). The molecule has 0 aliphatic carbocycles. The Morgan fingerprint density at radius 2 is 2.35 bits per heavy atom. The lowest BCUT2D eigenvalue weighted by Gasteiger charge is -2.24. The molecule has 0 spiro atoms. The van der Waals surface area contributed by atoms with E-state index in [1.165, 1.54) is 0 Å². The third kappa shape index (κ3) is 3.07. The first kappa shape index (κ1) is 12.6. The van der Waals surface area contributed by atoms with Crippen LogP contribution in [0.4, 0.5) is 0 Å². The van der Waals surface area contributed by atoms with Gasteiger partial charge in [0.2, 0.25) is 0 Å². The molecule has 4 heteroatoms. The summed E-state index contributed by atoms with van der Waals surface area (Å²) in [5.41, 5.74) is 1.80. The minimum atomic E-state index is 0.00859. The second kappa shape index (κ2) is 5.65. The predicted octanol–water partition coefficient (Wildman–Crippen LogP) is 2.24. The second-order valence-corrected chi connectivity index (χ2v) is 5.25. The fraction of sp³-hybridized carbons (Fsp3) is 0.462. The lowest BCUT2D eigenvalue weighted by atomic mass is 10.1. The maximum atomic E-state index is 12.1. The van der Waals surface area contributed by atoms with Crippen LogP contribution in [0.2, 0.25) is 0 Å². The van der Waals surface area contributed by atoms with E-state index in [1.54, 1.807) is 0 Å². The number of rotatable bonds is 2.